The molecule has 0 aliphatic heterocycles. The third-order valence-corrected chi connectivity index (χ3v) is 1.97. The molecule has 0 radical (unpaired) electrons. The highest BCUT2D eigenvalue weighted by molar-refractivity contribution is 7.09. The molecule has 4 nitrogen and oxygen atoms in total. The summed E-state index contributed by atoms with van der Waals surface area (Å²) in [5, 5.41) is 17.2. The minimum absolute atomic E-state index is 0.139. The average Bonchev–Trinajstić information content (AvgIpc) is 2.39. The summed E-state index contributed by atoms with van der Waals surface area (Å²) in [6.45, 7) is 0. The highest BCUT2D eigenvalue weighted by atomic mass is 32.1. The number of nitrogens with zero attached hydrogens (tertiary/aromatic N) is 1. The van der Waals surface area contributed by atoms with Crippen molar-refractivity contribution in [2.45, 2.75) is 12.5 Å². The van der Waals surface area contributed by atoms with Crippen LogP contribution in [0, 0.1) is 0 Å². The van der Waals surface area contributed by atoms with E-state index in [1.54, 1.807) is 11.7 Å². The zero-order chi connectivity index (χ0) is 8.27. The van der Waals surface area contributed by atoms with Gasteiger partial charge in [0.05, 0.1) is 5.51 Å². The monoisotopic (exact) mass is 173 g/mol. The standard InChI is InChI=1S/C6H7NO3S/c8-5(6(9)10)1-4-2-7-3-11-4/h2-3,5,8H,1H2,(H,9,10). The molecule has 1 unspecified atom stereocenters. The van der Waals surface area contributed by atoms with Crippen molar-refractivity contribution in [2.24, 2.45) is 0 Å². The largest absolute Gasteiger partial charge is 0.479 e. The van der Waals surface area contributed by atoms with Crippen molar-refractivity contribution in [1.29, 1.82) is 0 Å². The molecule has 0 bridgehead atoms. The number of aromatic nitrogens is 1. The van der Waals surface area contributed by atoms with Gasteiger partial charge >= 0.3 is 5.97 Å². The molecule has 5 heteroatoms. The van der Waals surface area contributed by atoms with Crippen molar-refractivity contribution in [3.63, 3.8) is 0 Å². The molecule has 1 rings (SSSR count). The number of hydrogen-bond acceptors (Lipinski definition) is 4. The van der Waals surface area contributed by atoms with Gasteiger partial charge in [-0.15, -0.1) is 11.3 Å². The van der Waals surface area contributed by atoms with E-state index in [-0.39, 0.29) is 6.42 Å². The fourth-order valence-corrected chi connectivity index (χ4v) is 1.25. The zero-order valence-electron chi connectivity index (χ0n) is 5.60. The molecule has 2 N–H and O–H groups in total. The maximum atomic E-state index is 10.2. The summed E-state index contributed by atoms with van der Waals surface area (Å²) in [6.07, 6.45) is 0.382. The third-order valence-electron chi connectivity index (χ3n) is 1.16. The molecule has 0 aliphatic carbocycles. The molecule has 0 saturated carbocycles. The van der Waals surface area contributed by atoms with Gasteiger partial charge in [-0.05, 0) is 0 Å². The molecule has 0 saturated heterocycles. The lowest BCUT2D eigenvalue weighted by Gasteiger charge is -2.00. The first kappa shape index (κ1) is 8.16. The first-order valence-electron chi connectivity index (χ1n) is 2.98. The van der Waals surface area contributed by atoms with E-state index in [1.165, 1.54) is 11.3 Å². The predicted octanol–water partition coefficient (Wildman–Crippen LogP) is 0.131. The molecule has 0 fully saturated rings. The van der Waals surface area contributed by atoms with Gasteiger partial charge in [-0.2, -0.15) is 0 Å². The Kier molecular flexibility index (Phi) is 2.56. The minimum atomic E-state index is -1.31. The van der Waals surface area contributed by atoms with Crippen LogP contribution in [-0.2, 0) is 11.2 Å². The number of aliphatic hydroxyl groups excluding tert-OH is 1. The molecular formula is C6H7NO3S. The lowest BCUT2D eigenvalue weighted by atomic mass is 10.2. The Bertz CT molecular complexity index is 234. The SMILES string of the molecule is O=C(O)C(O)Cc1cncs1. The number of carboxylic acids is 1. The van der Waals surface area contributed by atoms with Gasteiger partial charge < -0.3 is 10.2 Å². The highest BCUT2D eigenvalue weighted by Crippen LogP contribution is 2.08. The van der Waals surface area contributed by atoms with Crippen LogP contribution in [0.1, 0.15) is 4.88 Å². The lowest BCUT2D eigenvalue weighted by molar-refractivity contribution is -0.146. The number of thiazole rings is 1. The summed E-state index contributed by atoms with van der Waals surface area (Å²) in [5.41, 5.74) is 1.60. The smallest absolute Gasteiger partial charge is 0.332 e. The van der Waals surface area contributed by atoms with Gasteiger partial charge in [0.25, 0.3) is 0 Å². The van der Waals surface area contributed by atoms with Crippen molar-refractivity contribution in [1.82, 2.24) is 4.98 Å². The summed E-state index contributed by atoms with van der Waals surface area (Å²) in [6, 6.07) is 0. The maximum Gasteiger partial charge on any atom is 0.332 e. The Morgan fingerprint density at radius 1 is 1.82 bits per heavy atom. The molecule has 1 atom stereocenters. The summed E-state index contributed by atoms with van der Waals surface area (Å²) in [7, 11) is 0. The van der Waals surface area contributed by atoms with Crippen LogP contribution in [0.15, 0.2) is 11.7 Å². The van der Waals surface area contributed by atoms with Crippen LogP contribution in [0.2, 0.25) is 0 Å². The van der Waals surface area contributed by atoms with E-state index >= 15 is 0 Å². The van der Waals surface area contributed by atoms with E-state index in [2.05, 4.69) is 4.98 Å². The van der Waals surface area contributed by atoms with Crippen LogP contribution >= 0.6 is 11.3 Å². The second-order valence-corrected chi connectivity index (χ2v) is 3.00. The molecule has 0 amide bonds. The normalized spacial score (nSPS) is 12.8. The molecule has 1 aromatic heterocycles. The summed E-state index contributed by atoms with van der Waals surface area (Å²) < 4.78 is 0. The number of rotatable bonds is 3. The quantitative estimate of drug-likeness (QED) is 0.681. The van der Waals surface area contributed by atoms with Gasteiger partial charge in [0, 0.05) is 17.5 Å². The van der Waals surface area contributed by atoms with Gasteiger partial charge in [0.2, 0.25) is 0 Å². The molecule has 0 spiro atoms. The molecule has 1 heterocycles. The Balaban J connectivity index is 2.50. The van der Waals surface area contributed by atoms with Crippen molar-refractivity contribution < 1.29 is 15.0 Å². The maximum absolute atomic E-state index is 10.2. The van der Waals surface area contributed by atoms with E-state index in [0.717, 1.165) is 4.88 Å². The van der Waals surface area contributed by atoms with Crippen LogP contribution in [0.5, 0.6) is 0 Å². The van der Waals surface area contributed by atoms with Crippen LogP contribution in [0.3, 0.4) is 0 Å². The number of aliphatic carboxylic acids is 1. The van der Waals surface area contributed by atoms with E-state index in [1.807, 2.05) is 0 Å². The van der Waals surface area contributed by atoms with Crippen LogP contribution in [0.4, 0.5) is 0 Å². The number of aliphatic hydroxyl groups is 1. The third kappa shape index (κ3) is 2.28. The summed E-state index contributed by atoms with van der Waals surface area (Å²) in [4.78, 5) is 14.7. The van der Waals surface area contributed by atoms with Crippen molar-refractivity contribution in [3.8, 4) is 0 Å². The molecular weight excluding hydrogens is 166 g/mol. The Labute approximate surface area is 67.1 Å². The van der Waals surface area contributed by atoms with E-state index < -0.39 is 12.1 Å². The number of carboxylic acid groups (broad SMARTS) is 1. The zero-order valence-corrected chi connectivity index (χ0v) is 6.41. The Morgan fingerprint density at radius 2 is 2.55 bits per heavy atom. The van der Waals surface area contributed by atoms with Crippen molar-refractivity contribution in [3.05, 3.63) is 16.6 Å². The molecule has 60 valence electrons. The lowest BCUT2D eigenvalue weighted by Crippen LogP contribution is -2.21. The molecule has 11 heavy (non-hydrogen) atoms. The van der Waals surface area contributed by atoms with E-state index in [0.29, 0.717) is 0 Å². The Hall–Kier alpha value is -0.940. The summed E-state index contributed by atoms with van der Waals surface area (Å²) >= 11 is 1.33. The van der Waals surface area contributed by atoms with Gasteiger partial charge in [0.1, 0.15) is 0 Å². The van der Waals surface area contributed by atoms with Gasteiger partial charge in [-0.25, -0.2) is 4.79 Å². The topological polar surface area (TPSA) is 70.4 Å². The van der Waals surface area contributed by atoms with Crippen LogP contribution in [-0.4, -0.2) is 27.3 Å². The van der Waals surface area contributed by atoms with Crippen LogP contribution < -0.4 is 0 Å². The van der Waals surface area contributed by atoms with E-state index in [9.17, 15) is 4.79 Å². The predicted molar refractivity (Wildman–Crippen MR) is 39.5 cm³/mol. The highest BCUT2D eigenvalue weighted by Gasteiger charge is 2.13. The van der Waals surface area contributed by atoms with Gasteiger partial charge in [0.15, 0.2) is 6.10 Å². The Morgan fingerprint density at radius 3 is 3.00 bits per heavy atom. The van der Waals surface area contributed by atoms with Gasteiger partial charge in [-0.1, -0.05) is 0 Å². The van der Waals surface area contributed by atoms with Crippen molar-refractivity contribution >= 4 is 17.3 Å². The van der Waals surface area contributed by atoms with Crippen molar-refractivity contribution in [2.75, 3.05) is 0 Å². The van der Waals surface area contributed by atoms with Gasteiger partial charge in [-0.3, -0.25) is 4.98 Å². The molecule has 1 aromatic rings. The molecule has 0 aliphatic rings. The first-order chi connectivity index (χ1) is 5.20. The van der Waals surface area contributed by atoms with Crippen LogP contribution in [0.25, 0.3) is 0 Å². The van der Waals surface area contributed by atoms with E-state index in [4.69, 9.17) is 10.2 Å². The second kappa shape index (κ2) is 3.45. The second-order valence-electron chi connectivity index (χ2n) is 2.03. The fraction of sp³-hybridized carbons (Fsp3) is 0.333. The number of carbonyl (C=O) groups is 1. The molecule has 0 aromatic carbocycles. The first-order valence-corrected chi connectivity index (χ1v) is 3.86. The number of hydrogen-bond donors (Lipinski definition) is 2. The summed E-state index contributed by atoms with van der Waals surface area (Å²) in [5.74, 6) is -1.20. The average molecular weight is 173 g/mol. The minimum Gasteiger partial charge on any atom is -0.479 e. The fourth-order valence-electron chi connectivity index (χ4n) is 0.621.